The first-order chi connectivity index (χ1) is 18.1. The van der Waals surface area contributed by atoms with Crippen LogP contribution in [-0.4, -0.2) is 32.8 Å². The quantitative estimate of drug-likeness (QED) is 0.346. The van der Waals surface area contributed by atoms with Crippen LogP contribution in [0, 0.1) is 23.7 Å². The number of hydrogen-bond donors (Lipinski definition) is 3. The fourth-order valence-electron chi connectivity index (χ4n) is 7.10. The Morgan fingerprint density at radius 3 is 2.27 bits per heavy atom. The Balaban J connectivity index is 1.05. The van der Waals surface area contributed by atoms with Crippen molar-refractivity contribution in [1.82, 2.24) is 20.3 Å². The minimum atomic E-state index is -0.214. The van der Waals surface area contributed by atoms with Crippen molar-refractivity contribution in [2.75, 3.05) is 5.32 Å². The Bertz CT molecular complexity index is 1450. The minimum Gasteiger partial charge on any atom is -0.349 e. The first-order valence-electron chi connectivity index (χ1n) is 13.2. The van der Waals surface area contributed by atoms with Gasteiger partial charge in [0.2, 0.25) is 0 Å². The van der Waals surface area contributed by atoms with Gasteiger partial charge in [-0.1, -0.05) is 12.1 Å². The molecule has 0 atom stereocenters. The lowest BCUT2D eigenvalue weighted by atomic mass is 9.54. The monoisotopic (exact) mass is 491 g/mol. The van der Waals surface area contributed by atoms with Crippen molar-refractivity contribution < 1.29 is 9.59 Å². The van der Waals surface area contributed by atoms with Crippen LogP contribution in [0.1, 0.15) is 52.8 Å². The topological polar surface area (TPSA) is 99.8 Å². The number of carbonyl (C=O) groups is 2. The van der Waals surface area contributed by atoms with Crippen LogP contribution < -0.4 is 10.6 Å². The predicted octanol–water partition coefficient (Wildman–Crippen LogP) is 5.43. The molecule has 4 saturated carbocycles. The predicted molar refractivity (Wildman–Crippen MR) is 142 cm³/mol. The highest BCUT2D eigenvalue weighted by atomic mass is 16.2. The van der Waals surface area contributed by atoms with Gasteiger partial charge in [0.15, 0.2) is 0 Å². The number of rotatable bonds is 5. The number of pyridine rings is 1. The van der Waals surface area contributed by atoms with Crippen LogP contribution in [0.4, 0.5) is 5.69 Å². The van der Waals surface area contributed by atoms with E-state index >= 15 is 0 Å². The van der Waals surface area contributed by atoms with Gasteiger partial charge in [-0.15, -0.1) is 0 Å². The largest absolute Gasteiger partial charge is 0.349 e. The van der Waals surface area contributed by atoms with Crippen LogP contribution in [0.5, 0.6) is 0 Å². The van der Waals surface area contributed by atoms with E-state index in [2.05, 4.69) is 20.6 Å². The Labute approximate surface area is 215 Å². The molecule has 37 heavy (non-hydrogen) atoms. The molecule has 0 spiro atoms. The second-order valence-electron chi connectivity index (χ2n) is 11.0. The number of imidazole rings is 1. The molecule has 4 bridgehead atoms. The molecule has 0 radical (unpaired) electrons. The van der Waals surface area contributed by atoms with E-state index < -0.39 is 0 Å². The summed E-state index contributed by atoms with van der Waals surface area (Å²) in [6.07, 6.45) is 9.83. The number of nitrogens with one attached hydrogen (secondary N) is 3. The molecule has 2 aromatic carbocycles. The van der Waals surface area contributed by atoms with Gasteiger partial charge in [-0.3, -0.25) is 14.6 Å². The van der Waals surface area contributed by atoms with Crippen molar-refractivity contribution in [3.63, 3.8) is 0 Å². The minimum absolute atomic E-state index is 0.0258. The number of amides is 2. The van der Waals surface area contributed by atoms with E-state index in [-0.39, 0.29) is 11.8 Å². The van der Waals surface area contributed by atoms with Gasteiger partial charge >= 0.3 is 0 Å². The molecule has 7 nitrogen and oxygen atoms in total. The van der Waals surface area contributed by atoms with E-state index in [4.69, 9.17) is 4.98 Å². The second kappa shape index (κ2) is 8.83. The van der Waals surface area contributed by atoms with E-state index in [1.807, 2.05) is 30.3 Å². The summed E-state index contributed by atoms with van der Waals surface area (Å²) in [5.41, 5.74) is 4.29. The van der Waals surface area contributed by atoms with Gasteiger partial charge in [0, 0.05) is 28.9 Å². The number of fused-ring (bicyclic) bond motifs is 1. The molecule has 7 heteroatoms. The molecule has 2 heterocycles. The smallest absolute Gasteiger partial charge is 0.255 e. The lowest BCUT2D eigenvalue weighted by Crippen LogP contribution is -2.55. The van der Waals surface area contributed by atoms with Gasteiger partial charge in [-0.25, -0.2) is 4.98 Å². The first-order valence-corrected chi connectivity index (χ1v) is 13.2. The summed E-state index contributed by atoms with van der Waals surface area (Å²) in [4.78, 5) is 37.8. The fraction of sp³-hybridized carbons (Fsp3) is 0.333. The normalized spacial score (nSPS) is 25.8. The van der Waals surface area contributed by atoms with Crippen molar-refractivity contribution in [3.05, 3.63) is 78.1 Å². The van der Waals surface area contributed by atoms with E-state index in [1.165, 1.54) is 32.1 Å². The molecular weight excluding hydrogens is 462 g/mol. The SMILES string of the molecule is O=C(Nc1cccnc1)c1ccc2[nH]c(-c3ccc(C(=O)NC4C5C[C@H]6C[C@@H](C5)C[C@@H]4C6)cc3)nc2c1. The highest BCUT2D eigenvalue weighted by molar-refractivity contribution is 6.06. The van der Waals surface area contributed by atoms with Crippen LogP contribution in [0.15, 0.2) is 67.0 Å². The van der Waals surface area contributed by atoms with Gasteiger partial charge in [0.05, 0.1) is 22.9 Å². The number of aromatic amines is 1. The first kappa shape index (κ1) is 22.2. The van der Waals surface area contributed by atoms with Gasteiger partial charge in [-0.05, 0) is 98.2 Å². The Hall–Kier alpha value is -4.00. The zero-order valence-electron chi connectivity index (χ0n) is 20.5. The zero-order valence-corrected chi connectivity index (χ0v) is 20.5. The number of H-pyrrole nitrogens is 1. The van der Waals surface area contributed by atoms with Crippen molar-refractivity contribution >= 4 is 28.5 Å². The molecule has 4 aromatic rings. The van der Waals surface area contributed by atoms with Crippen LogP contribution in [0.3, 0.4) is 0 Å². The summed E-state index contributed by atoms with van der Waals surface area (Å²) in [5.74, 6) is 3.62. The summed E-state index contributed by atoms with van der Waals surface area (Å²) in [6.45, 7) is 0. The van der Waals surface area contributed by atoms with E-state index in [0.717, 1.165) is 22.9 Å². The molecule has 4 aliphatic carbocycles. The molecule has 8 rings (SSSR count). The molecule has 0 unspecified atom stereocenters. The van der Waals surface area contributed by atoms with Crippen molar-refractivity contribution in [2.45, 2.75) is 38.1 Å². The summed E-state index contributed by atoms with van der Waals surface area (Å²) in [6, 6.07) is 16.9. The van der Waals surface area contributed by atoms with Gasteiger partial charge in [0.25, 0.3) is 11.8 Å². The summed E-state index contributed by atoms with van der Waals surface area (Å²) >= 11 is 0. The van der Waals surface area contributed by atoms with Crippen LogP contribution in [-0.2, 0) is 0 Å². The van der Waals surface area contributed by atoms with Crippen LogP contribution >= 0.6 is 0 Å². The lowest BCUT2D eigenvalue weighted by molar-refractivity contribution is -0.0119. The molecule has 186 valence electrons. The van der Waals surface area contributed by atoms with Crippen LogP contribution in [0.25, 0.3) is 22.4 Å². The molecule has 0 aliphatic heterocycles. The number of carbonyl (C=O) groups excluding carboxylic acids is 2. The maximum absolute atomic E-state index is 13.1. The molecule has 2 aromatic heterocycles. The molecular formula is C30H29N5O2. The Morgan fingerprint density at radius 1 is 0.838 bits per heavy atom. The standard InChI is InChI=1S/C30H29N5O2/c36-29(35-27-22-11-17-10-18(13-22)14-23(27)12-17)20-5-3-19(4-6-20)28-33-25-8-7-21(15-26(25)34-28)30(37)32-24-2-1-9-31-16-24/h1-9,15-18,22-23,27H,10-14H2,(H,32,37)(H,33,34)(H,35,36)/t17-,18+,22-,23?,27?. The summed E-state index contributed by atoms with van der Waals surface area (Å²) in [7, 11) is 0. The maximum Gasteiger partial charge on any atom is 0.255 e. The van der Waals surface area contributed by atoms with Gasteiger partial charge < -0.3 is 15.6 Å². The second-order valence-corrected chi connectivity index (χ2v) is 11.0. The highest BCUT2D eigenvalue weighted by Gasteiger charge is 2.48. The van der Waals surface area contributed by atoms with Gasteiger partial charge in [-0.2, -0.15) is 0 Å². The maximum atomic E-state index is 13.1. The molecule has 4 aliphatic rings. The number of anilines is 1. The van der Waals surface area contributed by atoms with Crippen molar-refractivity contribution in [2.24, 2.45) is 23.7 Å². The fourth-order valence-corrected chi connectivity index (χ4v) is 7.10. The van der Waals surface area contributed by atoms with E-state index in [1.54, 1.807) is 36.7 Å². The van der Waals surface area contributed by atoms with E-state index in [0.29, 0.717) is 46.0 Å². The van der Waals surface area contributed by atoms with Crippen LogP contribution in [0.2, 0.25) is 0 Å². The third kappa shape index (κ3) is 4.18. The molecule has 3 N–H and O–H groups in total. The van der Waals surface area contributed by atoms with Crippen molar-refractivity contribution in [1.29, 1.82) is 0 Å². The number of hydrogen-bond acceptors (Lipinski definition) is 4. The number of nitrogens with zero attached hydrogens (tertiary/aromatic N) is 2. The third-order valence-electron chi connectivity index (χ3n) is 8.61. The average molecular weight is 492 g/mol. The average Bonchev–Trinajstić information content (AvgIpc) is 3.34. The molecule has 0 saturated heterocycles. The lowest BCUT2D eigenvalue weighted by Gasteiger charge is -2.54. The summed E-state index contributed by atoms with van der Waals surface area (Å²) in [5, 5.41) is 6.24. The highest BCUT2D eigenvalue weighted by Crippen LogP contribution is 2.53. The molecule has 2 amide bonds. The number of benzene rings is 2. The summed E-state index contributed by atoms with van der Waals surface area (Å²) < 4.78 is 0. The third-order valence-corrected chi connectivity index (χ3v) is 8.61. The Kier molecular flexibility index (Phi) is 5.30. The Morgan fingerprint density at radius 2 is 1.57 bits per heavy atom. The van der Waals surface area contributed by atoms with Gasteiger partial charge in [0.1, 0.15) is 5.82 Å². The number of aromatic nitrogens is 3. The zero-order chi connectivity index (χ0) is 24.9. The van der Waals surface area contributed by atoms with E-state index in [9.17, 15) is 9.59 Å². The van der Waals surface area contributed by atoms with Crippen molar-refractivity contribution in [3.8, 4) is 11.4 Å². The molecule has 4 fully saturated rings.